The van der Waals surface area contributed by atoms with Crippen LogP contribution in [0.3, 0.4) is 0 Å². The maximum Gasteiger partial charge on any atom is 0.0643 e. The summed E-state index contributed by atoms with van der Waals surface area (Å²) in [6.45, 7) is 3.14. The Labute approximate surface area is 66.1 Å². The van der Waals surface area contributed by atoms with Crippen molar-refractivity contribution in [3.63, 3.8) is 0 Å². The van der Waals surface area contributed by atoms with E-state index in [2.05, 4.69) is 36.2 Å². The van der Waals surface area contributed by atoms with Crippen molar-refractivity contribution < 1.29 is 0 Å². The van der Waals surface area contributed by atoms with E-state index >= 15 is 0 Å². The maximum absolute atomic E-state index is 4.44. The van der Waals surface area contributed by atoms with E-state index in [1.807, 2.05) is 6.07 Å². The monoisotopic (exact) mass is 145 g/mol. The molecular formula is C10H11N. The molecule has 0 aliphatic carbocycles. The van der Waals surface area contributed by atoms with Gasteiger partial charge in [0.2, 0.25) is 0 Å². The van der Waals surface area contributed by atoms with Gasteiger partial charge in [0.25, 0.3) is 0 Å². The molecule has 1 aliphatic rings. The van der Waals surface area contributed by atoms with Crippen LogP contribution < -0.4 is 10.6 Å². The lowest BCUT2D eigenvalue weighted by molar-refractivity contribution is 0.747. The molecule has 0 amide bonds. The van der Waals surface area contributed by atoms with Crippen molar-refractivity contribution >= 4 is 6.08 Å². The van der Waals surface area contributed by atoms with Gasteiger partial charge < -0.3 is 0 Å². The van der Waals surface area contributed by atoms with Crippen LogP contribution in [0.2, 0.25) is 0 Å². The smallest absolute Gasteiger partial charge is 0.0643 e. The summed E-state index contributed by atoms with van der Waals surface area (Å²) < 4.78 is 0. The zero-order chi connectivity index (χ0) is 7.68. The predicted molar refractivity (Wildman–Crippen MR) is 45.7 cm³/mol. The lowest BCUT2D eigenvalue weighted by Crippen LogP contribution is -2.29. The Hall–Kier alpha value is -1.11. The second-order valence-corrected chi connectivity index (χ2v) is 3.04. The minimum Gasteiger partial charge on any atom is -0.284 e. The summed E-state index contributed by atoms with van der Waals surface area (Å²) in [5.74, 6) is 0.602. The fourth-order valence-electron chi connectivity index (χ4n) is 1.37. The third-order valence-corrected chi connectivity index (χ3v) is 1.95. The first-order valence-electron chi connectivity index (χ1n) is 3.97. The molecule has 0 saturated carbocycles. The van der Waals surface area contributed by atoms with Crippen molar-refractivity contribution in [2.75, 3.05) is 6.54 Å². The summed E-state index contributed by atoms with van der Waals surface area (Å²) in [7, 11) is 0. The van der Waals surface area contributed by atoms with E-state index in [9.17, 15) is 0 Å². The average Bonchev–Trinajstić information content (AvgIpc) is 2.04. The Kier molecular flexibility index (Phi) is 1.50. The molecule has 0 N–H and O–H groups in total. The Morgan fingerprint density at radius 2 is 2.18 bits per heavy atom. The molecule has 1 aromatic rings. The molecule has 0 unspecified atom stereocenters. The van der Waals surface area contributed by atoms with Crippen molar-refractivity contribution in [3.05, 3.63) is 34.8 Å². The highest BCUT2D eigenvalue weighted by molar-refractivity contribution is 5.28. The van der Waals surface area contributed by atoms with Gasteiger partial charge in [-0.25, -0.2) is 0 Å². The molecule has 1 aromatic carbocycles. The van der Waals surface area contributed by atoms with Crippen molar-refractivity contribution in [2.45, 2.75) is 6.92 Å². The average molecular weight is 145 g/mol. The Morgan fingerprint density at radius 3 is 3.09 bits per heavy atom. The second kappa shape index (κ2) is 2.50. The van der Waals surface area contributed by atoms with Gasteiger partial charge in [0, 0.05) is 6.54 Å². The van der Waals surface area contributed by atoms with E-state index < -0.39 is 0 Å². The van der Waals surface area contributed by atoms with Crippen LogP contribution in [0.4, 0.5) is 0 Å². The zero-order valence-corrected chi connectivity index (χ0v) is 6.62. The molecule has 1 heterocycles. The van der Waals surface area contributed by atoms with E-state index in [1.54, 1.807) is 0 Å². The van der Waals surface area contributed by atoms with Crippen LogP contribution in [0.15, 0.2) is 29.3 Å². The fourth-order valence-corrected chi connectivity index (χ4v) is 1.37. The van der Waals surface area contributed by atoms with E-state index in [1.165, 1.54) is 5.22 Å². The van der Waals surface area contributed by atoms with Gasteiger partial charge in [-0.2, -0.15) is 0 Å². The lowest BCUT2D eigenvalue weighted by Gasteiger charge is -2.05. The van der Waals surface area contributed by atoms with Crippen LogP contribution in [0, 0.1) is 5.92 Å². The fraction of sp³-hybridized carbons (Fsp3) is 0.300. The minimum absolute atomic E-state index is 0.602. The van der Waals surface area contributed by atoms with E-state index in [-0.39, 0.29) is 0 Å². The molecule has 0 aromatic heterocycles. The largest absolute Gasteiger partial charge is 0.284 e. The second-order valence-electron chi connectivity index (χ2n) is 3.04. The van der Waals surface area contributed by atoms with E-state index in [4.69, 9.17) is 0 Å². The first-order chi connectivity index (χ1) is 5.36. The van der Waals surface area contributed by atoms with Gasteiger partial charge in [0.1, 0.15) is 0 Å². The standard InChI is InChI=1S/C10H11N/c1-8-6-9-4-2-3-5-10(9)11-7-8/h2-6,8H,7H2,1H3/t8-/m0/s1. The van der Waals surface area contributed by atoms with Gasteiger partial charge in [0.15, 0.2) is 0 Å². The highest BCUT2D eigenvalue weighted by Crippen LogP contribution is 1.97. The molecule has 56 valence electrons. The number of hydrogen-bond donors (Lipinski definition) is 0. The van der Waals surface area contributed by atoms with Crippen LogP contribution in [0.25, 0.3) is 6.08 Å². The molecule has 1 nitrogen and oxygen atoms in total. The van der Waals surface area contributed by atoms with Gasteiger partial charge in [-0.15, -0.1) is 0 Å². The number of rotatable bonds is 0. The highest BCUT2D eigenvalue weighted by atomic mass is 14.7. The highest BCUT2D eigenvalue weighted by Gasteiger charge is 1.99. The van der Waals surface area contributed by atoms with Crippen molar-refractivity contribution in [3.8, 4) is 0 Å². The van der Waals surface area contributed by atoms with Crippen LogP contribution in [-0.2, 0) is 0 Å². The molecule has 0 spiro atoms. The lowest BCUT2D eigenvalue weighted by atomic mass is 10.1. The summed E-state index contributed by atoms with van der Waals surface area (Å²) in [6, 6.07) is 8.28. The van der Waals surface area contributed by atoms with Gasteiger partial charge in [-0.1, -0.05) is 31.2 Å². The molecule has 0 saturated heterocycles. The molecule has 1 heteroatoms. The molecule has 0 fully saturated rings. The number of nitrogens with zero attached hydrogens (tertiary/aromatic N) is 1. The molecule has 0 radical (unpaired) electrons. The van der Waals surface area contributed by atoms with Crippen LogP contribution in [0.1, 0.15) is 6.92 Å². The van der Waals surface area contributed by atoms with Gasteiger partial charge in [-0.3, -0.25) is 4.99 Å². The molecule has 1 aliphatic heterocycles. The number of fused-ring (bicyclic) bond motifs is 1. The quantitative estimate of drug-likeness (QED) is 0.510. The summed E-state index contributed by atoms with van der Waals surface area (Å²) in [4.78, 5) is 4.44. The Bertz CT molecular complexity index is 365. The summed E-state index contributed by atoms with van der Waals surface area (Å²) in [5, 5.41) is 2.43. The maximum atomic E-state index is 4.44. The third-order valence-electron chi connectivity index (χ3n) is 1.95. The number of hydrogen-bond acceptors (Lipinski definition) is 1. The third kappa shape index (κ3) is 1.18. The molecule has 11 heavy (non-hydrogen) atoms. The van der Waals surface area contributed by atoms with Gasteiger partial charge in [0.05, 0.1) is 5.36 Å². The van der Waals surface area contributed by atoms with Crippen molar-refractivity contribution in [1.29, 1.82) is 0 Å². The van der Waals surface area contributed by atoms with Crippen LogP contribution >= 0.6 is 0 Å². The SMILES string of the molecule is C[C@H]1C=c2ccccc2=NC1. The van der Waals surface area contributed by atoms with Crippen LogP contribution in [-0.4, -0.2) is 6.54 Å². The predicted octanol–water partition coefficient (Wildman–Crippen LogP) is 0.736. The normalized spacial score (nSPS) is 21.4. The number of benzene rings is 1. The molecule has 1 atom stereocenters. The summed E-state index contributed by atoms with van der Waals surface area (Å²) in [5.41, 5.74) is 0. The Morgan fingerprint density at radius 1 is 1.36 bits per heavy atom. The van der Waals surface area contributed by atoms with E-state index in [0.717, 1.165) is 11.9 Å². The zero-order valence-electron chi connectivity index (χ0n) is 6.62. The number of para-hydroxylation sites is 1. The first-order valence-corrected chi connectivity index (χ1v) is 3.97. The van der Waals surface area contributed by atoms with E-state index in [0.29, 0.717) is 5.92 Å². The molecular weight excluding hydrogens is 134 g/mol. The topological polar surface area (TPSA) is 12.4 Å². The van der Waals surface area contributed by atoms with Gasteiger partial charge >= 0.3 is 0 Å². The van der Waals surface area contributed by atoms with Gasteiger partial charge in [-0.05, 0) is 17.2 Å². The minimum atomic E-state index is 0.602. The summed E-state index contributed by atoms with van der Waals surface area (Å²) in [6.07, 6.45) is 2.28. The Balaban J connectivity index is 2.73. The molecule has 2 rings (SSSR count). The van der Waals surface area contributed by atoms with Crippen LogP contribution in [0.5, 0.6) is 0 Å². The summed E-state index contributed by atoms with van der Waals surface area (Å²) >= 11 is 0. The van der Waals surface area contributed by atoms with Crippen molar-refractivity contribution in [1.82, 2.24) is 0 Å². The van der Waals surface area contributed by atoms with Crippen molar-refractivity contribution in [2.24, 2.45) is 10.9 Å². The first kappa shape index (κ1) is 6.59. The molecule has 0 bridgehead atoms.